The van der Waals surface area contributed by atoms with Crippen LogP contribution in [0.3, 0.4) is 0 Å². The van der Waals surface area contributed by atoms with E-state index in [0.717, 1.165) is 11.1 Å². The van der Waals surface area contributed by atoms with Crippen LogP contribution in [0.25, 0.3) is 11.1 Å². The molecule has 0 fully saturated rings. The highest BCUT2D eigenvalue weighted by atomic mass is 79.9. The van der Waals surface area contributed by atoms with Crippen molar-refractivity contribution in [3.05, 3.63) is 77.2 Å². The quantitative estimate of drug-likeness (QED) is 0.474. The van der Waals surface area contributed by atoms with Crippen LogP contribution in [-0.2, 0) is 4.79 Å². The molecule has 1 N–H and O–H groups in total. The topological polar surface area (TPSA) is 63.8 Å². The summed E-state index contributed by atoms with van der Waals surface area (Å²) < 4.78 is 11.5. The molecule has 0 bridgehead atoms. The smallest absolute Gasteiger partial charge is 0.280 e. The number of nitrogens with one attached hydrogen (secondary N) is 1. The Kier molecular flexibility index (Phi) is 5.86. The van der Waals surface area contributed by atoms with Gasteiger partial charge in [0.1, 0.15) is 11.5 Å². The molecule has 0 radical (unpaired) electrons. The molecule has 26 heavy (non-hydrogen) atoms. The minimum atomic E-state index is -0.682. The molecule has 0 saturated carbocycles. The minimum absolute atomic E-state index is 0.348. The molecule has 5 nitrogen and oxygen atoms in total. The number of rotatable bonds is 6. The molecule has 1 heterocycles. The Morgan fingerprint density at radius 2 is 1.77 bits per heavy atom. The van der Waals surface area contributed by atoms with Crippen molar-refractivity contribution in [2.45, 2.75) is 13.0 Å². The predicted molar refractivity (Wildman–Crippen MR) is 104 cm³/mol. The van der Waals surface area contributed by atoms with Crippen LogP contribution in [0.4, 0.5) is 0 Å². The molecule has 2 aromatic carbocycles. The predicted octanol–water partition coefficient (Wildman–Crippen LogP) is 4.63. The van der Waals surface area contributed by atoms with E-state index in [-0.39, 0.29) is 5.91 Å². The van der Waals surface area contributed by atoms with Crippen molar-refractivity contribution in [2.75, 3.05) is 0 Å². The van der Waals surface area contributed by atoms with Crippen molar-refractivity contribution in [1.29, 1.82) is 0 Å². The molecule has 1 aromatic heterocycles. The molecule has 0 aliphatic carbocycles. The highest BCUT2D eigenvalue weighted by molar-refractivity contribution is 9.10. The molecule has 1 amide bonds. The Balaban J connectivity index is 1.54. The molecule has 132 valence electrons. The van der Waals surface area contributed by atoms with Gasteiger partial charge in [-0.05, 0) is 58.2 Å². The van der Waals surface area contributed by atoms with E-state index in [9.17, 15) is 4.79 Å². The summed E-state index contributed by atoms with van der Waals surface area (Å²) in [4.78, 5) is 12.0. The molecule has 3 rings (SSSR count). The monoisotopic (exact) mass is 412 g/mol. The fraction of sp³-hybridized carbons (Fsp3) is 0.100. The average Bonchev–Trinajstić information content (AvgIpc) is 3.08. The molecule has 0 aliphatic heterocycles. The van der Waals surface area contributed by atoms with Gasteiger partial charge in [-0.2, -0.15) is 5.10 Å². The van der Waals surface area contributed by atoms with Gasteiger partial charge >= 0.3 is 0 Å². The maximum absolute atomic E-state index is 12.0. The second kappa shape index (κ2) is 8.49. The molecule has 0 unspecified atom stereocenters. The maximum Gasteiger partial charge on any atom is 0.280 e. The molecule has 6 heteroatoms. The lowest BCUT2D eigenvalue weighted by atomic mass is 10.1. The number of hydrogen-bond acceptors (Lipinski definition) is 4. The van der Waals surface area contributed by atoms with Crippen LogP contribution in [0.2, 0.25) is 0 Å². The summed E-state index contributed by atoms with van der Waals surface area (Å²) >= 11 is 3.20. The summed E-state index contributed by atoms with van der Waals surface area (Å²) in [7, 11) is 0. The van der Waals surface area contributed by atoms with Gasteiger partial charge in [0, 0.05) is 0 Å². The Morgan fingerprint density at radius 1 is 1.08 bits per heavy atom. The van der Waals surface area contributed by atoms with Crippen molar-refractivity contribution in [3.8, 4) is 16.9 Å². The van der Waals surface area contributed by atoms with Gasteiger partial charge in [0.05, 0.1) is 6.21 Å². The lowest BCUT2D eigenvalue weighted by Gasteiger charge is -2.13. The van der Waals surface area contributed by atoms with Gasteiger partial charge in [-0.25, -0.2) is 5.43 Å². The Morgan fingerprint density at radius 3 is 2.42 bits per heavy atom. The second-order valence-electron chi connectivity index (χ2n) is 5.53. The van der Waals surface area contributed by atoms with E-state index in [0.29, 0.717) is 16.2 Å². The number of nitrogens with zero attached hydrogens (tertiary/aromatic N) is 1. The summed E-state index contributed by atoms with van der Waals surface area (Å²) in [5.41, 5.74) is 4.64. The van der Waals surface area contributed by atoms with Crippen molar-refractivity contribution in [2.24, 2.45) is 5.10 Å². The molecule has 0 aliphatic rings. The zero-order valence-electron chi connectivity index (χ0n) is 14.1. The van der Waals surface area contributed by atoms with Crippen LogP contribution in [0.5, 0.6) is 5.75 Å². The fourth-order valence-electron chi connectivity index (χ4n) is 2.26. The van der Waals surface area contributed by atoms with E-state index in [2.05, 4.69) is 26.5 Å². The highest BCUT2D eigenvalue weighted by Gasteiger charge is 2.14. The molecule has 1 atom stereocenters. The average molecular weight is 413 g/mol. The summed E-state index contributed by atoms with van der Waals surface area (Å²) in [5, 5.41) is 3.85. The number of benzene rings is 2. The first kappa shape index (κ1) is 17.9. The summed E-state index contributed by atoms with van der Waals surface area (Å²) in [6.45, 7) is 1.67. The van der Waals surface area contributed by atoms with Crippen molar-refractivity contribution < 1.29 is 13.9 Å². The molecule has 0 spiro atoms. The van der Waals surface area contributed by atoms with Crippen LogP contribution >= 0.6 is 15.9 Å². The third kappa shape index (κ3) is 4.83. The number of hydrazone groups is 1. The third-order valence-electron chi connectivity index (χ3n) is 3.60. The Hall–Kier alpha value is -2.86. The number of furan rings is 1. The van der Waals surface area contributed by atoms with E-state index in [1.54, 1.807) is 19.1 Å². The first-order chi connectivity index (χ1) is 12.6. The lowest BCUT2D eigenvalue weighted by molar-refractivity contribution is -0.127. The Bertz CT molecular complexity index is 889. The van der Waals surface area contributed by atoms with E-state index in [1.807, 2.05) is 54.6 Å². The summed E-state index contributed by atoms with van der Waals surface area (Å²) in [6, 6.07) is 21.1. The van der Waals surface area contributed by atoms with Gasteiger partial charge in [0.2, 0.25) is 0 Å². The minimum Gasteiger partial charge on any atom is -0.481 e. The lowest BCUT2D eigenvalue weighted by Crippen LogP contribution is -2.33. The number of carbonyl (C=O) groups excluding carboxylic acids is 1. The third-order valence-corrected chi connectivity index (χ3v) is 4.03. The fourth-order valence-corrected chi connectivity index (χ4v) is 2.58. The molecular formula is C20H17BrN2O3. The van der Waals surface area contributed by atoms with Crippen molar-refractivity contribution in [1.82, 2.24) is 5.43 Å². The van der Waals surface area contributed by atoms with Crippen LogP contribution in [-0.4, -0.2) is 18.2 Å². The standard InChI is InChI=1S/C20H17BrN2O3/c1-14(20(24)23-22-13-18-11-12-19(21)26-18)25-17-9-7-16(8-10-17)15-5-3-2-4-6-15/h2-14H,1H3,(H,23,24)/b22-13-/t14-/m1/s1. The van der Waals surface area contributed by atoms with Crippen LogP contribution in [0, 0.1) is 0 Å². The largest absolute Gasteiger partial charge is 0.481 e. The van der Waals surface area contributed by atoms with Crippen molar-refractivity contribution >= 4 is 28.1 Å². The van der Waals surface area contributed by atoms with Gasteiger partial charge in [-0.15, -0.1) is 0 Å². The van der Waals surface area contributed by atoms with Crippen LogP contribution in [0.1, 0.15) is 12.7 Å². The van der Waals surface area contributed by atoms with Gasteiger partial charge in [0.25, 0.3) is 5.91 Å². The normalized spacial score (nSPS) is 12.1. The number of carbonyl (C=O) groups is 1. The zero-order chi connectivity index (χ0) is 18.4. The highest BCUT2D eigenvalue weighted by Crippen LogP contribution is 2.22. The van der Waals surface area contributed by atoms with E-state index < -0.39 is 6.10 Å². The molecule has 3 aromatic rings. The Labute approximate surface area is 159 Å². The SMILES string of the molecule is C[C@@H](Oc1ccc(-c2ccccc2)cc1)C(=O)N/N=C\c1ccc(Br)o1. The number of hydrogen-bond donors (Lipinski definition) is 1. The second-order valence-corrected chi connectivity index (χ2v) is 6.31. The van der Waals surface area contributed by atoms with Crippen LogP contribution in [0.15, 0.2) is 80.9 Å². The summed E-state index contributed by atoms with van der Waals surface area (Å²) in [6.07, 6.45) is 0.738. The van der Waals surface area contributed by atoms with Gasteiger partial charge < -0.3 is 9.15 Å². The maximum atomic E-state index is 12.0. The van der Waals surface area contributed by atoms with Gasteiger partial charge in [-0.1, -0.05) is 42.5 Å². The van der Waals surface area contributed by atoms with Gasteiger partial charge in [-0.3, -0.25) is 4.79 Å². The number of ether oxygens (including phenoxy) is 1. The number of halogens is 1. The van der Waals surface area contributed by atoms with Crippen LogP contribution < -0.4 is 10.2 Å². The number of amides is 1. The molecule has 0 saturated heterocycles. The first-order valence-electron chi connectivity index (χ1n) is 8.02. The van der Waals surface area contributed by atoms with Gasteiger partial charge in [0.15, 0.2) is 10.8 Å². The van der Waals surface area contributed by atoms with E-state index in [1.165, 1.54) is 6.21 Å². The van der Waals surface area contributed by atoms with E-state index >= 15 is 0 Å². The summed E-state index contributed by atoms with van der Waals surface area (Å²) in [5.74, 6) is 0.799. The van der Waals surface area contributed by atoms with E-state index in [4.69, 9.17) is 9.15 Å². The first-order valence-corrected chi connectivity index (χ1v) is 8.81. The zero-order valence-corrected chi connectivity index (χ0v) is 15.6. The van der Waals surface area contributed by atoms with Crippen molar-refractivity contribution in [3.63, 3.8) is 0 Å². The molecular weight excluding hydrogens is 396 g/mol.